The topological polar surface area (TPSA) is 76.2 Å². The highest BCUT2D eigenvalue weighted by Crippen LogP contribution is 2.36. The normalized spacial score (nSPS) is 17.9. The lowest BCUT2D eigenvalue weighted by Gasteiger charge is -2.31. The van der Waals surface area contributed by atoms with Gasteiger partial charge in [0.1, 0.15) is 0 Å². The van der Waals surface area contributed by atoms with Crippen LogP contribution in [-0.4, -0.2) is 42.4 Å². The Hall–Kier alpha value is -4.39. The summed E-state index contributed by atoms with van der Waals surface area (Å²) in [6.07, 6.45) is 3.19. The second-order valence-corrected chi connectivity index (χ2v) is 9.92. The number of piperidine rings is 1. The number of likely N-dealkylation sites (tertiary alicyclic amines) is 1. The average Bonchev–Trinajstić information content (AvgIpc) is 2.96. The molecule has 1 saturated heterocycles. The minimum atomic E-state index is -0.285. The number of hydrogen-bond donors (Lipinski definition) is 0. The predicted molar refractivity (Wildman–Crippen MR) is 149 cm³/mol. The van der Waals surface area contributed by atoms with E-state index in [0.29, 0.717) is 37.6 Å². The fourth-order valence-electron chi connectivity index (χ4n) is 4.97. The van der Waals surface area contributed by atoms with E-state index in [1.807, 2.05) is 55.5 Å². The summed E-state index contributed by atoms with van der Waals surface area (Å²) in [6.45, 7) is 5.55. The zero-order valence-electron chi connectivity index (χ0n) is 22.3. The first-order chi connectivity index (χ1) is 18.9. The third-order valence-corrected chi connectivity index (χ3v) is 7.08. The van der Waals surface area contributed by atoms with Gasteiger partial charge in [0.2, 0.25) is 0 Å². The summed E-state index contributed by atoms with van der Waals surface area (Å²) >= 11 is 0. The number of esters is 1. The molecule has 3 aromatic carbocycles. The van der Waals surface area contributed by atoms with Crippen LogP contribution in [0.4, 0.5) is 5.69 Å². The van der Waals surface area contributed by atoms with Crippen LogP contribution < -0.4 is 9.64 Å². The number of hydrogen-bond acceptors (Lipinski definition) is 5. The molecule has 0 aromatic heterocycles. The van der Waals surface area contributed by atoms with Crippen LogP contribution in [-0.2, 0) is 20.9 Å². The molecule has 200 valence electrons. The lowest BCUT2D eigenvalue weighted by molar-refractivity contribution is -0.149. The number of benzene rings is 3. The van der Waals surface area contributed by atoms with Crippen molar-refractivity contribution >= 4 is 29.5 Å². The Bertz CT molecular complexity index is 1390. The number of anilines is 1. The quantitative estimate of drug-likeness (QED) is 0.320. The minimum Gasteiger partial charge on any atom is -0.466 e. The van der Waals surface area contributed by atoms with E-state index < -0.39 is 0 Å². The number of carbonyl (C=O) groups is 3. The molecule has 0 radical (unpaired) electrons. The van der Waals surface area contributed by atoms with Crippen molar-refractivity contribution in [3.8, 4) is 5.75 Å². The number of aryl methyl sites for hydroxylation is 1. The van der Waals surface area contributed by atoms with Gasteiger partial charge in [-0.1, -0.05) is 54.1 Å². The molecule has 0 spiro atoms. The SMILES string of the molecule is CCOC(=O)[C@H]1CCCN(C(=O)c2ccc(/C=C3/Oc4ccccc4N(Cc4ccc(C)cc4)C3=O)cc2)C1. The fraction of sp³-hybridized carbons (Fsp3) is 0.281. The second kappa shape index (κ2) is 11.6. The summed E-state index contributed by atoms with van der Waals surface area (Å²) in [6, 6.07) is 22.7. The standard InChI is InChI=1S/C32H32N2O5/c1-3-38-32(37)26-7-6-18-33(21-26)30(35)25-16-14-23(15-17-25)19-29-31(36)34(20-24-12-10-22(2)11-13-24)27-8-4-5-9-28(27)39-29/h4-5,8-17,19,26H,3,6-7,18,20-21H2,1-2H3/b29-19+/t26-/m0/s1. The van der Waals surface area contributed by atoms with Crippen LogP contribution in [0.1, 0.15) is 46.8 Å². The molecule has 5 rings (SSSR count). The maximum Gasteiger partial charge on any atom is 0.310 e. The number of para-hydroxylation sites is 2. The first-order valence-electron chi connectivity index (χ1n) is 13.3. The Morgan fingerprint density at radius 3 is 2.51 bits per heavy atom. The molecule has 3 aromatic rings. The zero-order chi connectivity index (χ0) is 27.4. The largest absolute Gasteiger partial charge is 0.466 e. The highest BCUT2D eigenvalue weighted by molar-refractivity contribution is 6.09. The first-order valence-corrected chi connectivity index (χ1v) is 13.3. The van der Waals surface area contributed by atoms with E-state index in [0.717, 1.165) is 35.2 Å². The summed E-state index contributed by atoms with van der Waals surface area (Å²) in [5, 5.41) is 0. The number of amides is 2. The number of ether oxygens (including phenoxy) is 2. The van der Waals surface area contributed by atoms with Gasteiger partial charge in [0.15, 0.2) is 11.5 Å². The van der Waals surface area contributed by atoms with Crippen molar-refractivity contribution in [1.82, 2.24) is 4.90 Å². The molecule has 0 saturated carbocycles. The maximum absolute atomic E-state index is 13.5. The minimum absolute atomic E-state index is 0.119. The van der Waals surface area contributed by atoms with Crippen molar-refractivity contribution < 1.29 is 23.9 Å². The number of carbonyl (C=O) groups excluding carboxylic acids is 3. The molecule has 2 amide bonds. The molecule has 0 N–H and O–H groups in total. The van der Waals surface area contributed by atoms with Crippen molar-refractivity contribution in [1.29, 1.82) is 0 Å². The molecule has 0 aliphatic carbocycles. The predicted octanol–water partition coefficient (Wildman–Crippen LogP) is 5.38. The van der Waals surface area contributed by atoms with Gasteiger partial charge >= 0.3 is 5.97 Å². The van der Waals surface area contributed by atoms with Crippen LogP contribution >= 0.6 is 0 Å². The Labute approximate surface area is 228 Å². The third kappa shape index (κ3) is 5.87. The summed E-state index contributed by atoms with van der Waals surface area (Å²) < 4.78 is 11.2. The monoisotopic (exact) mass is 524 g/mol. The first kappa shape index (κ1) is 26.2. The average molecular weight is 525 g/mol. The fourth-order valence-corrected chi connectivity index (χ4v) is 4.97. The maximum atomic E-state index is 13.5. The summed E-state index contributed by atoms with van der Waals surface area (Å²) in [5.41, 5.74) is 4.19. The van der Waals surface area contributed by atoms with Crippen LogP contribution in [0, 0.1) is 12.8 Å². The molecule has 2 aliphatic rings. The summed E-state index contributed by atoms with van der Waals surface area (Å²) in [4.78, 5) is 42.2. The summed E-state index contributed by atoms with van der Waals surface area (Å²) in [5.74, 6) is -0.0465. The molecular weight excluding hydrogens is 492 g/mol. The molecule has 7 heteroatoms. The van der Waals surface area contributed by atoms with Gasteiger partial charge in [-0.05, 0) is 68.2 Å². The van der Waals surface area contributed by atoms with Crippen molar-refractivity contribution in [3.05, 3.63) is 101 Å². The van der Waals surface area contributed by atoms with Crippen molar-refractivity contribution in [2.75, 3.05) is 24.6 Å². The lowest BCUT2D eigenvalue weighted by atomic mass is 9.97. The third-order valence-electron chi connectivity index (χ3n) is 7.08. The summed E-state index contributed by atoms with van der Waals surface area (Å²) in [7, 11) is 0. The Kier molecular flexibility index (Phi) is 7.77. The highest BCUT2D eigenvalue weighted by Gasteiger charge is 2.31. The molecule has 39 heavy (non-hydrogen) atoms. The van der Waals surface area contributed by atoms with Crippen LogP contribution in [0.3, 0.4) is 0 Å². The molecule has 1 atom stereocenters. The lowest BCUT2D eigenvalue weighted by Crippen LogP contribution is -2.42. The molecular formula is C32H32N2O5. The number of nitrogens with zero attached hydrogens (tertiary/aromatic N) is 2. The van der Waals surface area contributed by atoms with Crippen LogP contribution in [0.2, 0.25) is 0 Å². The highest BCUT2D eigenvalue weighted by atomic mass is 16.5. The van der Waals surface area contributed by atoms with Crippen LogP contribution in [0.5, 0.6) is 5.75 Å². The molecule has 2 heterocycles. The molecule has 1 fully saturated rings. The van der Waals surface area contributed by atoms with Gasteiger partial charge in [-0.3, -0.25) is 19.3 Å². The van der Waals surface area contributed by atoms with Gasteiger partial charge in [-0.2, -0.15) is 0 Å². The van der Waals surface area contributed by atoms with E-state index in [4.69, 9.17) is 9.47 Å². The van der Waals surface area contributed by atoms with E-state index in [-0.39, 0.29) is 29.5 Å². The molecule has 0 unspecified atom stereocenters. The van der Waals surface area contributed by atoms with Crippen molar-refractivity contribution in [2.45, 2.75) is 33.2 Å². The second-order valence-electron chi connectivity index (χ2n) is 9.92. The molecule has 2 aliphatic heterocycles. The van der Waals surface area contributed by atoms with Crippen molar-refractivity contribution in [3.63, 3.8) is 0 Å². The van der Waals surface area contributed by atoms with E-state index in [1.54, 1.807) is 47.1 Å². The van der Waals surface area contributed by atoms with Gasteiger partial charge in [0.25, 0.3) is 11.8 Å². The Morgan fingerprint density at radius 2 is 1.77 bits per heavy atom. The van der Waals surface area contributed by atoms with Crippen LogP contribution in [0.25, 0.3) is 6.08 Å². The molecule has 7 nitrogen and oxygen atoms in total. The van der Waals surface area contributed by atoms with Crippen molar-refractivity contribution in [2.24, 2.45) is 5.92 Å². The number of fused-ring (bicyclic) bond motifs is 1. The van der Waals surface area contributed by atoms with E-state index >= 15 is 0 Å². The Balaban J connectivity index is 1.33. The van der Waals surface area contributed by atoms with E-state index in [2.05, 4.69) is 0 Å². The smallest absolute Gasteiger partial charge is 0.310 e. The Morgan fingerprint density at radius 1 is 1.03 bits per heavy atom. The van der Waals surface area contributed by atoms with Gasteiger partial charge in [0, 0.05) is 18.7 Å². The van der Waals surface area contributed by atoms with Crippen LogP contribution in [0.15, 0.2) is 78.6 Å². The molecule has 0 bridgehead atoms. The van der Waals surface area contributed by atoms with Gasteiger partial charge in [-0.25, -0.2) is 0 Å². The van der Waals surface area contributed by atoms with E-state index in [9.17, 15) is 14.4 Å². The van der Waals surface area contributed by atoms with Gasteiger partial charge in [-0.15, -0.1) is 0 Å². The van der Waals surface area contributed by atoms with Gasteiger partial charge < -0.3 is 14.4 Å². The number of rotatable bonds is 6. The van der Waals surface area contributed by atoms with E-state index in [1.165, 1.54) is 0 Å². The zero-order valence-corrected chi connectivity index (χ0v) is 22.3. The van der Waals surface area contributed by atoms with Gasteiger partial charge in [0.05, 0.1) is 24.8 Å².